The van der Waals surface area contributed by atoms with Crippen molar-refractivity contribution in [2.75, 3.05) is 13.7 Å². The average Bonchev–Trinajstić information content (AvgIpc) is 2.94. The maximum Gasteiger partial charge on any atom is 0.351 e. The largest absolute Gasteiger partial charge is 0.466 e. The highest BCUT2D eigenvalue weighted by Gasteiger charge is 2.43. The Balaban J connectivity index is 1.95. The third-order valence-electron chi connectivity index (χ3n) is 5.04. The lowest BCUT2D eigenvalue weighted by Crippen LogP contribution is -2.51. The van der Waals surface area contributed by atoms with E-state index >= 15 is 0 Å². The van der Waals surface area contributed by atoms with Crippen molar-refractivity contribution in [1.29, 1.82) is 0 Å². The van der Waals surface area contributed by atoms with Crippen molar-refractivity contribution in [2.24, 2.45) is 0 Å². The molecule has 0 bridgehead atoms. The van der Waals surface area contributed by atoms with Gasteiger partial charge in [-0.25, -0.2) is 19.2 Å². The van der Waals surface area contributed by atoms with E-state index in [4.69, 9.17) is 18.9 Å². The van der Waals surface area contributed by atoms with Crippen LogP contribution in [0.2, 0.25) is 0 Å². The highest BCUT2D eigenvalue weighted by molar-refractivity contribution is 5.93. The van der Waals surface area contributed by atoms with E-state index in [1.807, 2.05) is 0 Å². The van der Waals surface area contributed by atoms with Gasteiger partial charge in [-0.3, -0.25) is 0 Å². The van der Waals surface area contributed by atoms with Crippen LogP contribution in [0.5, 0.6) is 0 Å². The molecule has 3 atom stereocenters. The molecule has 9 heteroatoms. The van der Waals surface area contributed by atoms with E-state index in [1.54, 1.807) is 54.6 Å². The summed E-state index contributed by atoms with van der Waals surface area (Å²) < 4.78 is 21.0. The average molecular weight is 492 g/mol. The number of methoxy groups -OCH3 is 1. The Morgan fingerprint density at radius 2 is 1.03 bits per heavy atom. The van der Waals surface area contributed by atoms with Gasteiger partial charge in [-0.2, -0.15) is 0 Å². The number of rotatable bonds is 10. The SMILES string of the molecule is COC(=O)[C@H](OC(=O)c1ccccc1)[C@H](OC(=O)c1ccccc1)[C@@H](CO)OC(=O)c1ccccc1. The smallest absolute Gasteiger partial charge is 0.351 e. The number of benzene rings is 3. The predicted octanol–water partition coefficient (Wildman–Crippen LogP) is 2.83. The zero-order chi connectivity index (χ0) is 25.9. The summed E-state index contributed by atoms with van der Waals surface area (Å²) in [5.41, 5.74) is 0.382. The summed E-state index contributed by atoms with van der Waals surface area (Å²) in [6, 6.07) is 23.5. The molecular weight excluding hydrogens is 468 g/mol. The minimum Gasteiger partial charge on any atom is -0.466 e. The number of carbonyl (C=O) groups excluding carboxylic acids is 4. The van der Waals surface area contributed by atoms with E-state index in [2.05, 4.69) is 0 Å². The fourth-order valence-electron chi connectivity index (χ4n) is 3.21. The van der Waals surface area contributed by atoms with Gasteiger partial charge in [0, 0.05) is 0 Å². The van der Waals surface area contributed by atoms with Crippen molar-refractivity contribution in [3.8, 4) is 0 Å². The number of hydrogen-bond donors (Lipinski definition) is 1. The Labute approximate surface area is 207 Å². The van der Waals surface area contributed by atoms with Gasteiger partial charge >= 0.3 is 23.9 Å². The highest BCUT2D eigenvalue weighted by atomic mass is 16.6. The van der Waals surface area contributed by atoms with E-state index in [0.29, 0.717) is 0 Å². The van der Waals surface area contributed by atoms with Crippen molar-refractivity contribution in [2.45, 2.75) is 18.3 Å². The first-order chi connectivity index (χ1) is 17.4. The molecule has 0 heterocycles. The van der Waals surface area contributed by atoms with Gasteiger partial charge in [0.15, 0.2) is 12.2 Å². The summed E-state index contributed by atoms with van der Waals surface area (Å²) in [6.07, 6.45) is -5.19. The van der Waals surface area contributed by atoms with Gasteiger partial charge in [0.1, 0.15) is 0 Å². The summed E-state index contributed by atoms with van der Waals surface area (Å²) in [7, 11) is 1.05. The molecule has 0 fully saturated rings. The molecule has 0 spiro atoms. The van der Waals surface area contributed by atoms with Gasteiger partial charge in [0.25, 0.3) is 0 Å². The predicted molar refractivity (Wildman–Crippen MR) is 126 cm³/mol. The van der Waals surface area contributed by atoms with Gasteiger partial charge in [0.05, 0.1) is 30.4 Å². The van der Waals surface area contributed by atoms with E-state index in [-0.39, 0.29) is 16.7 Å². The number of ether oxygens (including phenoxy) is 4. The first-order valence-corrected chi connectivity index (χ1v) is 10.9. The third-order valence-corrected chi connectivity index (χ3v) is 5.04. The van der Waals surface area contributed by atoms with Crippen molar-refractivity contribution in [1.82, 2.24) is 0 Å². The van der Waals surface area contributed by atoms with Gasteiger partial charge in [-0.05, 0) is 36.4 Å². The number of aliphatic hydroxyl groups excluding tert-OH is 1. The molecule has 3 aromatic carbocycles. The lowest BCUT2D eigenvalue weighted by Gasteiger charge is -2.30. The summed E-state index contributed by atoms with van der Waals surface area (Å²) in [4.78, 5) is 51.0. The van der Waals surface area contributed by atoms with E-state index in [0.717, 1.165) is 7.11 Å². The van der Waals surface area contributed by atoms with E-state index in [9.17, 15) is 24.3 Å². The molecule has 186 valence electrons. The van der Waals surface area contributed by atoms with Crippen molar-refractivity contribution >= 4 is 23.9 Å². The normalized spacial score (nSPS) is 12.9. The molecular formula is C27H24O9. The van der Waals surface area contributed by atoms with Crippen LogP contribution in [0.3, 0.4) is 0 Å². The summed E-state index contributed by atoms with van der Waals surface area (Å²) in [5, 5.41) is 10.1. The van der Waals surface area contributed by atoms with Gasteiger partial charge in [-0.1, -0.05) is 54.6 Å². The van der Waals surface area contributed by atoms with Gasteiger partial charge < -0.3 is 24.1 Å². The molecule has 0 aromatic heterocycles. The summed E-state index contributed by atoms with van der Waals surface area (Å²) in [6.45, 7) is -0.859. The van der Waals surface area contributed by atoms with Crippen molar-refractivity contribution in [3.05, 3.63) is 108 Å². The Hall–Kier alpha value is -4.50. The van der Waals surface area contributed by atoms with Gasteiger partial charge in [0.2, 0.25) is 6.10 Å². The minimum atomic E-state index is -1.86. The van der Waals surface area contributed by atoms with E-state index in [1.165, 1.54) is 36.4 Å². The maximum atomic E-state index is 12.9. The van der Waals surface area contributed by atoms with E-state index < -0.39 is 48.8 Å². The fraction of sp³-hybridized carbons (Fsp3) is 0.185. The molecule has 0 aliphatic carbocycles. The number of esters is 4. The molecule has 0 radical (unpaired) electrons. The minimum absolute atomic E-state index is 0.112. The zero-order valence-corrected chi connectivity index (χ0v) is 19.3. The molecule has 0 aliphatic heterocycles. The van der Waals surface area contributed by atoms with Crippen LogP contribution in [-0.4, -0.2) is 61.0 Å². The molecule has 0 aliphatic rings. The van der Waals surface area contributed by atoms with Crippen LogP contribution in [0.15, 0.2) is 91.0 Å². The second kappa shape index (κ2) is 12.8. The zero-order valence-electron chi connectivity index (χ0n) is 19.3. The van der Waals surface area contributed by atoms with Crippen molar-refractivity contribution in [3.63, 3.8) is 0 Å². The molecule has 1 N–H and O–H groups in total. The molecule has 3 rings (SSSR count). The molecule has 0 saturated heterocycles. The number of hydrogen-bond acceptors (Lipinski definition) is 9. The van der Waals surface area contributed by atoms with Crippen LogP contribution in [0.1, 0.15) is 31.1 Å². The first kappa shape index (κ1) is 26.1. The summed E-state index contributed by atoms with van der Waals surface area (Å²) >= 11 is 0. The molecule has 0 saturated carbocycles. The standard InChI is InChI=1S/C27H24O9/c1-33-27(32)23(36-26(31)20-15-9-4-10-16-20)22(35-25(30)19-13-7-3-8-14-19)21(17-28)34-24(29)18-11-5-2-6-12-18/h2-16,21-23,28H,17H2,1H3/t21-,22-,23-/m1/s1. The molecule has 36 heavy (non-hydrogen) atoms. The fourth-order valence-corrected chi connectivity index (χ4v) is 3.21. The van der Waals surface area contributed by atoms with Crippen LogP contribution in [0.4, 0.5) is 0 Å². The third kappa shape index (κ3) is 6.77. The number of aliphatic hydroxyl groups is 1. The van der Waals surface area contributed by atoms with Crippen molar-refractivity contribution < 1.29 is 43.2 Å². The Morgan fingerprint density at radius 3 is 1.42 bits per heavy atom. The second-order valence-corrected chi connectivity index (χ2v) is 7.44. The lowest BCUT2D eigenvalue weighted by atomic mass is 10.1. The van der Waals surface area contributed by atoms with Crippen LogP contribution < -0.4 is 0 Å². The molecule has 0 amide bonds. The molecule has 0 unspecified atom stereocenters. The topological polar surface area (TPSA) is 125 Å². The Bertz CT molecular complexity index is 1160. The second-order valence-electron chi connectivity index (χ2n) is 7.44. The van der Waals surface area contributed by atoms with Crippen LogP contribution in [0, 0.1) is 0 Å². The maximum absolute atomic E-state index is 12.9. The number of carbonyl (C=O) groups is 4. The van der Waals surface area contributed by atoms with Crippen LogP contribution in [0.25, 0.3) is 0 Å². The van der Waals surface area contributed by atoms with Gasteiger partial charge in [-0.15, -0.1) is 0 Å². The van der Waals surface area contributed by atoms with Crippen LogP contribution in [-0.2, 0) is 23.7 Å². The highest BCUT2D eigenvalue weighted by Crippen LogP contribution is 2.20. The first-order valence-electron chi connectivity index (χ1n) is 10.9. The Morgan fingerprint density at radius 1 is 0.639 bits per heavy atom. The quantitative estimate of drug-likeness (QED) is 0.336. The molecule has 9 nitrogen and oxygen atoms in total. The summed E-state index contributed by atoms with van der Waals surface area (Å²) in [5.74, 6) is -3.76. The molecule has 3 aromatic rings. The lowest BCUT2D eigenvalue weighted by molar-refractivity contribution is -0.164. The van der Waals surface area contributed by atoms with Crippen LogP contribution >= 0.6 is 0 Å². The monoisotopic (exact) mass is 492 g/mol. The Kier molecular flexibility index (Phi) is 9.30.